The molecule has 2 N–H and O–H groups in total. The predicted molar refractivity (Wildman–Crippen MR) is 115 cm³/mol. The fourth-order valence-electron chi connectivity index (χ4n) is 3.43. The van der Waals surface area contributed by atoms with Gasteiger partial charge in [-0.2, -0.15) is 0 Å². The Labute approximate surface area is 172 Å². The van der Waals surface area contributed by atoms with Gasteiger partial charge in [-0.3, -0.25) is 10.6 Å². The van der Waals surface area contributed by atoms with Gasteiger partial charge in [-0.1, -0.05) is 51.0 Å². The van der Waals surface area contributed by atoms with Gasteiger partial charge in [0.2, 0.25) is 0 Å². The number of carbonyl (C=O) groups excluding carboxylic acids is 2. The molecule has 2 rings (SSSR count). The average molecular weight is 399 g/mol. The van der Waals surface area contributed by atoms with Gasteiger partial charge in [0, 0.05) is 17.3 Å². The molecule has 0 aliphatic carbocycles. The normalized spacial score (nSPS) is 11.6. The van der Waals surface area contributed by atoms with E-state index >= 15 is 0 Å². The smallest absolute Gasteiger partial charge is 0.411 e. The van der Waals surface area contributed by atoms with E-state index in [1.165, 1.54) is 31.8 Å². The molecule has 1 unspecified atom stereocenters. The van der Waals surface area contributed by atoms with E-state index in [4.69, 9.17) is 0 Å². The van der Waals surface area contributed by atoms with Crippen molar-refractivity contribution in [3.63, 3.8) is 0 Å². The van der Waals surface area contributed by atoms with Crippen molar-refractivity contribution in [3.8, 4) is 0 Å². The molecule has 0 aromatic heterocycles. The lowest BCUT2D eigenvalue weighted by Crippen LogP contribution is -2.14. The summed E-state index contributed by atoms with van der Waals surface area (Å²) in [4.78, 5) is 22.8. The van der Waals surface area contributed by atoms with E-state index in [0.29, 0.717) is 17.3 Å². The van der Waals surface area contributed by atoms with Crippen LogP contribution >= 0.6 is 0 Å². The second kappa shape index (κ2) is 11.1. The van der Waals surface area contributed by atoms with Crippen LogP contribution in [0.15, 0.2) is 48.5 Å². The lowest BCUT2D eigenvalue weighted by Gasteiger charge is -2.26. The Morgan fingerprint density at radius 3 is 1.59 bits per heavy atom. The number of hydrogen-bond donors (Lipinski definition) is 2. The standard InChI is InChI=1S/C23H30N2O4/c1-5-6-7-16(2)21(17-8-12-19(13-9-17)24-22(26)28-3)18-10-14-20(15-11-18)25-23(27)29-4/h8-16,21H,5-7H2,1-4H3,(H,24,26)(H,25,27). The Morgan fingerprint density at radius 2 is 1.24 bits per heavy atom. The van der Waals surface area contributed by atoms with Crippen LogP contribution < -0.4 is 10.6 Å². The number of nitrogens with one attached hydrogen (secondary N) is 2. The second-order valence-electron chi connectivity index (χ2n) is 7.07. The van der Waals surface area contributed by atoms with Gasteiger partial charge in [0.25, 0.3) is 0 Å². The third kappa shape index (κ3) is 6.52. The van der Waals surface area contributed by atoms with Gasteiger partial charge in [0.05, 0.1) is 14.2 Å². The van der Waals surface area contributed by atoms with Crippen molar-refractivity contribution in [1.82, 2.24) is 0 Å². The first-order valence-corrected chi connectivity index (χ1v) is 9.88. The minimum atomic E-state index is -0.487. The van der Waals surface area contributed by atoms with Crippen LogP contribution in [-0.2, 0) is 9.47 Å². The first-order valence-electron chi connectivity index (χ1n) is 9.88. The van der Waals surface area contributed by atoms with E-state index in [1.54, 1.807) is 0 Å². The fraction of sp³-hybridized carbons (Fsp3) is 0.391. The third-order valence-electron chi connectivity index (χ3n) is 4.99. The number of methoxy groups -OCH3 is 2. The topological polar surface area (TPSA) is 76.7 Å². The highest BCUT2D eigenvalue weighted by atomic mass is 16.5. The number of carbonyl (C=O) groups is 2. The summed E-state index contributed by atoms with van der Waals surface area (Å²) in [5, 5.41) is 5.36. The predicted octanol–water partition coefficient (Wildman–Crippen LogP) is 6.00. The molecule has 6 heteroatoms. The van der Waals surface area contributed by atoms with E-state index in [1.807, 2.05) is 48.5 Å². The van der Waals surface area contributed by atoms with Crippen LogP contribution in [0.3, 0.4) is 0 Å². The lowest BCUT2D eigenvalue weighted by atomic mass is 9.79. The molecule has 0 saturated heterocycles. The minimum absolute atomic E-state index is 0.209. The Kier molecular flexibility index (Phi) is 8.52. The molecule has 2 aromatic rings. The van der Waals surface area contributed by atoms with E-state index in [0.717, 1.165) is 12.8 Å². The van der Waals surface area contributed by atoms with E-state index in [-0.39, 0.29) is 5.92 Å². The summed E-state index contributed by atoms with van der Waals surface area (Å²) in [6.07, 6.45) is 2.47. The van der Waals surface area contributed by atoms with Crippen LogP contribution in [0.4, 0.5) is 21.0 Å². The zero-order valence-electron chi connectivity index (χ0n) is 17.5. The van der Waals surface area contributed by atoms with Gasteiger partial charge in [-0.05, 0) is 47.7 Å². The third-order valence-corrected chi connectivity index (χ3v) is 4.99. The Morgan fingerprint density at radius 1 is 0.828 bits per heavy atom. The molecule has 0 radical (unpaired) electrons. The number of rotatable bonds is 8. The van der Waals surface area contributed by atoms with Crippen molar-refractivity contribution >= 4 is 23.6 Å². The van der Waals surface area contributed by atoms with Gasteiger partial charge in [0.15, 0.2) is 0 Å². The molecule has 2 aromatic carbocycles. The van der Waals surface area contributed by atoms with E-state index < -0.39 is 12.2 Å². The van der Waals surface area contributed by atoms with Crippen molar-refractivity contribution in [2.24, 2.45) is 5.92 Å². The Bertz CT molecular complexity index is 726. The van der Waals surface area contributed by atoms with Gasteiger partial charge in [0.1, 0.15) is 0 Å². The fourth-order valence-corrected chi connectivity index (χ4v) is 3.43. The van der Waals surface area contributed by atoms with Crippen LogP contribution in [0, 0.1) is 5.92 Å². The summed E-state index contributed by atoms with van der Waals surface area (Å²) < 4.78 is 9.28. The number of ether oxygens (including phenoxy) is 2. The maximum atomic E-state index is 11.4. The SMILES string of the molecule is CCCCC(C)C(c1ccc(NC(=O)OC)cc1)c1ccc(NC(=O)OC)cc1. The molecule has 29 heavy (non-hydrogen) atoms. The van der Waals surface area contributed by atoms with Gasteiger partial charge < -0.3 is 9.47 Å². The van der Waals surface area contributed by atoms with Crippen molar-refractivity contribution < 1.29 is 19.1 Å². The zero-order valence-corrected chi connectivity index (χ0v) is 17.5. The maximum Gasteiger partial charge on any atom is 0.411 e. The maximum absolute atomic E-state index is 11.4. The van der Waals surface area contributed by atoms with Crippen molar-refractivity contribution in [3.05, 3.63) is 59.7 Å². The molecule has 0 aliphatic rings. The molecule has 1 atom stereocenters. The van der Waals surface area contributed by atoms with Crippen LogP contribution in [0.25, 0.3) is 0 Å². The summed E-state index contributed by atoms with van der Waals surface area (Å²) in [6.45, 7) is 4.46. The number of benzene rings is 2. The van der Waals surface area contributed by atoms with E-state index in [2.05, 4.69) is 34.0 Å². The first-order chi connectivity index (χ1) is 14.0. The zero-order chi connectivity index (χ0) is 21.2. The molecule has 6 nitrogen and oxygen atoms in total. The van der Waals surface area contributed by atoms with E-state index in [9.17, 15) is 9.59 Å². The van der Waals surface area contributed by atoms with Crippen LogP contribution in [0.5, 0.6) is 0 Å². The molecular weight excluding hydrogens is 368 g/mol. The molecule has 0 fully saturated rings. The van der Waals surface area contributed by atoms with Gasteiger partial charge in [-0.25, -0.2) is 9.59 Å². The monoisotopic (exact) mass is 398 g/mol. The van der Waals surface area contributed by atoms with Crippen molar-refractivity contribution in [2.45, 2.75) is 39.0 Å². The van der Waals surface area contributed by atoms with Crippen LogP contribution in [0.2, 0.25) is 0 Å². The summed E-state index contributed by atoms with van der Waals surface area (Å²) >= 11 is 0. The highest BCUT2D eigenvalue weighted by molar-refractivity contribution is 5.85. The molecule has 2 amide bonds. The molecule has 0 spiro atoms. The first kappa shape index (κ1) is 22.3. The molecule has 156 valence electrons. The number of anilines is 2. The molecular formula is C23H30N2O4. The lowest BCUT2D eigenvalue weighted by molar-refractivity contribution is 0.186. The summed E-state index contributed by atoms with van der Waals surface area (Å²) in [6, 6.07) is 15.7. The van der Waals surface area contributed by atoms with Gasteiger partial charge >= 0.3 is 12.2 Å². The molecule has 0 saturated carbocycles. The number of hydrogen-bond acceptors (Lipinski definition) is 4. The highest BCUT2D eigenvalue weighted by Gasteiger charge is 2.21. The quantitative estimate of drug-likeness (QED) is 0.571. The van der Waals surface area contributed by atoms with Crippen molar-refractivity contribution in [1.29, 1.82) is 0 Å². The molecule has 0 bridgehead atoms. The average Bonchev–Trinajstić information content (AvgIpc) is 2.74. The second-order valence-corrected chi connectivity index (χ2v) is 7.07. The Hall–Kier alpha value is -3.02. The van der Waals surface area contributed by atoms with Crippen LogP contribution in [-0.4, -0.2) is 26.4 Å². The number of amides is 2. The van der Waals surface area contributed by atoms with Crippen molar-refractivity contribution in [2.75, 3.05) is 24.9 Å². The highest BCUT2D eigenvalue weighted by Crippen LogP contribution is 2.36. The van der Waals surface area contributed by atoms with Gasteiger partial charge in [-0.15, -0.1) is 0 Å². The molecule has 0 heterocycles. The summed E-state index contributed by atoms with van der Waals surface area (Å²) in [5.41, 5.74) is 3.74. The summed E-state index contributed by atoms with van der Waals surface area (Å²) in [7, 11) is 2.68. The summed E-state index contributed by atoms with van der Waals surface area (Å²) in [5.74, 6) is 0.648. The number of unbranched alkanes of at least 4 members (excludes halogenated alkanes) is 1. The minimum Gasteiger partial charge on any atom is -0.453 e. The largest absolute Gasteiger partial charge is 0.453 e. The Balaban J connectivity index is 2.27. The van der Waals surface area contributed by atoms with Crippen LogP contribution in [0.1, 0.15) is 50.2 Å². The molecule has 0 aliphatic heterocycles.